The first-order valence-corrected chi connectivity index (χ1v) is 10.3. The van der Waals surface area contributed by atoms with Crippen LogP contribution in [-0.2, 0) is 30.2 Å². The van der Waals surface area contributed by atoms with Gasteiger partial charge in [-0.1, -0.05) is 36.4 Å². The molecule has 0 fully saturated rings. The molecular formula is C25H25NO6. The van der Waals surface area contributed by atoms with Gasteiger partial charge >= 0.3 is 0 Å². The van der Waals surface area contributed by atoms with Crippen LogP contribution in [0.3, 0.4) is 0 Å². The maximum Gasteiger partial charge on any atom is 0.293 e. The number of hydrogen-bond donors (Lipinski definition) is 1. The predicted molar refractivity (Wildman–Crippen MR) is 118 cm³/mol. The van der Waals surface area contributed by atoms with Crippen molar-refractivity contribution in [3.63, 3.8) is 0 Å². The van der Waals surface area contributed by atoms with Gasteiger partial charge in [-0.15, -0.1) is 0 Å². The normalized spacial score (nSPS) is 21.8. The first kappa shape index (κ1) is 21.6. The quantitative estimate of drug-likeness (QED) is 0.405. The number of carbonyl (C=O) groups is 2. The zero-order valence-corrected chi connectivity index (χ0v) is 17.7. The third-order valence-corrected chi connectivity index (χ3v) is 5.88. The topological polar surface area (TPSA) is 83.1 Å². The van der Waals surface area contributed by atoms with E-state index < -0.39 is 5.60 Å². The van der Waals surface area contributed by atoms with Crippen LogP contribution in [0.4, 0.5) is 5.69 Å². The second-order valence-electron chi connectivity index (χ2n) is 7.62. The molecule has 2 aromatic rings. The van der Waals surface area contributed by atoms with Crippen LogP contribution < -0.4 is 10.1 Å². The molecule has 166 valence electrons. The van der Waals surface area contributed by atoms with Crippen LogP contribution in [0.15, 0.2) is 77.9 Å². The van der Waals surface area contributed by atoms with Crippen LogP contribution >= 0.6 is 0 Å². The molecule has 0 radical (unpaired) electrons. The number of benzene rings is 2. The maximum absolute atomic E-state index is 11.0. The highest BCUT2D eigenvalue weighted by Gasteiger charge is 2.53. The number of ether oxygens (including phenoxy) is 4. The van der Waals surface area contributed by atoms with Gasteiger partial charge in [0.2, 0.25) is 0 Å². The van der Waals surface area contributed by atoms with Gasteiger partial charge in [0.1, 0.15) is 30.7 Å². The van der Waals surface area contributed by atoms with E-state index in [1.54, 1.807) is 7.11 Å². The van der Waals surface area contributed by atoms with Gasteiger partial charge < -0.3 is 24.3 Å². The van der Waals surface area contributed by atoms with E-state index in [-0.39, 0.29) is 25.4 Å². The minimum Gasteiger partial charge on any atom is -0.497 e. The molecule has 0 spiro atoms. The van der Waals surface area contributed by atoms with Crippen LogP contribution in [0.2, 0.25) is 0 Å². The standard InChI is InChI=1S/C25H25NO6/c1-29-20-9-7-18(8-10-20)13-24(26-19-5-3-2-4-6-19)25-12-11-23(32-25)21(14-30-16-27)22(25)15-31-17-28/h2-12,16-17,23-24,26H,13-15H2,1H3. The molecule has 2 aromatic carbocycles. The second kappa shape index (κ2) is 9.70. The largest absolute Gasteiger partial charge is 0.497 e. The lowest BCUT2D eigenvalue weighted by Crippen LogP contribution is -2.48. The third kappa shape index (κ3) is 4.24. The summed E-state index contributed by atoms with van der Waals surface area (Å²) in [5.41, 5.74) is 2.76. The van der Waals surface area contributed by atoms with Crippen molar-refractivity contribution in [3.8, 4) is 5.75 Å². The summed E-state index contributed by atoms with van der Waals surface area (Å²) in [4.78, 5) is 21.8. The van der Waals surface area contributed by atoms with Crippen molar-refractivity contribution < 1.29 is 28.5 Å². The van der Waals surface area contributed by atoms with Crippen LogP contribution in [0.5, 0.6) is 5.75 Å². The van der Waals surface area contributed by atoms with Crippen LogP contribution in [0.25, 0.3) is 0 Å². The zero-order valence-electron chi connectivity index (χ0n) is 17.7. The van der Waals surface area contributed by atoms with Gasteiger partial charge in [0.25, 0.3) is 12.9 Å². The van der Waals surface area contributed by atoms with Gasteiger partial charge in [-0.05, 0) is 42.3 Å². The van der Waals surface area contributed by atoms with Gasteiger partial charge in [-0.25, -0.2) is 0 Å². The summed E-state index contributed by atoms with van der Waals surface area (Å²) in [7, 11) is 1.64. The molecule has 0 saturated heterocycles. The molecular weight excluding hydrogens is 410 g/mol. The van der Waals surface area contributed by atoms with E-state index >= 15 is 0 Å². The fourth-order valence-corrected chi connectivity index (χ4v) is 4.37. The van der Waals surface area contributed by atoms with Crippen molar-refractivity contribution in [3.05, 3.63) is 83.5 Å². The summed E-state index contributed by atoms with van der Waals surface area (Å²) in [6.45, 7) is 0.957. The molecule has 0 amide bonds. The Morgan fingerprint density at radius 1 is 1.03 bits per heavy atom. The highest BCUT2D eigenvalue weighted by atomic mass is 16.5. The SMILES string of the molecule is COc1ccc(CC(Nc2ccccc2)C23C=CC(O2)C(COC=O)=C3COC=O)cc1. The molecule has 2 bridgehead atoms. The summed E-state index contributed by atoms with van der Waals surface area (Å²) in [6, 6.07) is 17.5. The summed E-state index contributed by atoms with van der Waals surface area (Å²) >= 11 is 0. The Kier molecular flexibility index (Phi) is 6.56. The minimum absolute atomic E-state index is 0.0530. The second-order valence-corrected chi connectivity index (χ2v) is 7.62. The molecule has 7 nitrogen and oxygen atoms in total. The number of nitrogens with one attached hydrogen (secondary N) is 1. The summed E-state index contributed by atoms with van der Waals surface area (Å²) in [5.74, 6) is 0.783. The lowest BCUT2D eigenvalue weighted by atomic mass is 9.79. The molecule has 32 heavy (non-hydrogen) atoms. The van der Waals surface area contributed by atoms with E-state index in [0.717, 1.165) is 28.1 Å². The fraction of sp³-hybridized carbons (Fsp3) is 0.280. The van der Waals surface area contributed by atoms with Gasteiger partial charge in [0.05, 0.1) is 13.2 Å². The van der Waals surface area contributed by atoms with Gasteiger partial charge in [0, 0.05) is 16.8 Å². The van der Waals surface area contributed by atoms with E-state index in [1.165, 1.54) is 0 Å². The highest BCUT2D eigenvalue weighted by molar-refractivity contribution is 5.54. The Balaban J connectivity index is 1.71. The predicted octanol–water partition coefficient (Wildman–Crippen LogP) is 3.07. The number of fused-ring (bicyclic) bond motifs is 2. The first-order valence-electron chi connectivity index (χ1n) is 10.3. The molecule has 3 unspecified atom stereocenters. The van der Waals surface area contributed by atoms with Gasteiger partial charge in [0.15, 0.2) is 0 Å². The number of methoxy groups -OCH3 is 1. The molecule has 1 N–H and O–H groups in total. The maximum atomic E-state index is 11.0. The van der Waals surface area contributed by atoms with E-state index in [4.69, 9.17) is 18.9 Å². The van der Waals surface area contributed by atoms with E-state index in [9.17, 15) is 9.59 Å². The molecule has 0 aliphatic carbocycles. The lowest BCUT2D eigenvalue weighted by molar-refractivity contribution is -0.129. The number of carbonyl (C=O) groups excluding carboxylic acids is 2. The lowest BCUT2D eigenvalue weighted by Gasteiger charge is -2.37. The Morgan fingerprint density at radius 2 is 1.75 bits per heavy atom. The van der Waals surface area contributed by atoms with E-state index in [1.807, 2.05) is 66.7 Å². The first-order chi connectivity index (χ1) is 15.7. The Bertz CT molecular complexity index is 1000. The molecule has 0 aromatic heterocycles. The summed E-state index contributed by atoms with van der Waals surface area (Å²) in [6.07, 6.45) is 4.26. The van der Waals surface area contributed by atoms with E-state index in [0.29, 0.717) is 19.4 Å². The average molecular weight is 435 g/mol. The summed E-state index contributed by atoms with van der Waals surface area (Å²) in [5, 5.41) is 3.60. The van der Waals surface area contributed by atoms with Gasteiger partial charge in [-0.3, -0.25) is 9.59 Å². The van der Waals surface area contributed by atoms with Crippen molar-refractivity contribution in [2.75, 3.05) is 25.6 Å². The smallest absolute Gasteiger partial charge is 0.293 e. The van der Waals surface area contributed by atoms with Crippen molar-refractivity contribution in [2.24, 2.45) is 0 Å². The molecule has 0 saturated carbocycles. The van der Waals surface area contributed by atoms with Gasteiger partial charge in [-0.2, -0.15) is 0 Å². The monoisotopic (exact) mass is 435 g/mol. The molecule has 2 aliphatic heterocycles. The minimum atomic E-state index is -0.856. The molecule has 2 heterocycles. The number of hydrogen-bond acceptors (Lipinski definition) is 7. The number of anilines is 1. The van der Waals surface area contributed by atoms with Crippen molar-refractivity contribution in [2.45, 2.75) is 24.2 Å². The van der Waals surface area contributed by atoms with Crippen LogP contribution in [-0.4, -0.2) is 51.0 Å². The average Bonchev–Trinajstić information content (AvgIpc) is 3.40. The number of para-hydroxylation sites is 1. The third-order valence-electron chi connectivity index (χ3n) is 5.88. The Labute approximate surface area is 186 Å². The van der Waals surface area contributed by atoms with Crippen molar-refractivity contribution in [1.82, 2.24) is 0 Å². The zero-order chi connectivity index (χ0) is 22.4. The Hall–Kier alpha value is -3.58. The van der Waals surface area contributed by atoms with E-state index in [2.05, 4.69) is 5.32 Å². The number of rotatable bonds is 12. The fourth-order valence-electron chi connectivity index (χ4n) is 4.37. The van der Waals surface area contributed by atoms with Crippen molar-refractivity contribution in [1.29, 1.82) is 0 Å². The summed E-state index contributed by atoms with van der Waals surface area (Å²) < 4.78 is 21.9. The highest BCUT2D eigenvalue weighted by Crippen LogP contribution is 2.47. The Morgan fingerprint density at radius 3 is 2.44 bits per heavy atom. The molecule has 3 atom stereocenters. The molecule has 7 heteroatoms. The van der Waals surface area contributed by atoms with Crippen molar-refractivity contribution >= 4 is 18.6 Å². The molecule has 2 aliphatic rings. The van der Waals surface area contributed by atoms with Crippen LogP contribution in [0, 0.1) is 0 Å². The van der Waals surface area contributed by atoms with Crippen LogP contribution in [0.1, 0.15) is 5.56 Å². The molecule has 4 rings (SSSR count).